The summed E-state index contributed by atoms with van der Waals surface area (Å²) in [6.07, 6.45) is 0. The highest BCUT2D eigenvalue weighted by molar-refractivity contribution is 6.31. The molecular weight excluding hydrogens is 379 g/mol. The van der Waals surface area contributed by atoms with Gasteiger partial charge in [-0.3, -0.25) is 10.7 Å². The summed E-state index contributed by atoms with van der Waals surface area (Å²) in [6.45, 7) is -0.0237. The summed E-state index contributed by atoms with van der Waals surface area (Å²) in [5.74, 6) is 0.390. The molecule has 0 saturated carbocycles. The van der Waals surface area contributed by atoms with Crippen molar-refractivity contribution >= 4 is 23.1 Å². The van der Waals surface area contributed by atoms with Crippen molar-refractivity contribution in [3.63, 3.8) is 0 Å². The summed E-state index contributed by atoms with van der Waals surface area (Å²) in [5, 5.41) is 16.8. The second-order valence-corrected chi connectivity index (χ2v) is 5.58. The average Bonchev–Trinajstić information content (AvgIpc) is 3.15. The number of rotatable bonds is 6. The first-order valence-corrected chi connectivity index (χ1v) is 8.01. The van der Waals surface area contributed by atoms with Crippen LogP contribution < -0.4 is 15.0 Å². The third-order valence-electron chi connectivity index (χ3n) is 3.46. The number of halogens is 2. The molecule has 0 unspecified atom stereocenters. The molecule has 0 atom stereocenters. The molecule has 10 heteroatoms. The lowest BCUT2D eigenvalue weighted by atomic mass is 10.3. The van der Waals surface area contributed by atoms with Gasteiger partial charge in [0.2, 0.25) is 0 Å². The van der Waals surface area contributed by atoms with Crippen molar-refractivity contribution in [1.29, 1.82) is 0 Å². The van der Waals surface area contributed by atoms with Crippen LogP contribution in [0.1, 0.15) is 11.4 Å². The molecule has 0 saturated heterocycles. The lowest BCUT2D eigenvalue weighted by Gasteiger charge is -2.09. The Balaban J connectivity index is 1.83. The number of aromatic nitrogens is 2. The number of aliphatic imine (C=N–C) groups is 1. The Morgan fingerprint density at radius 2 is 2.04 bits per heavy atom. The number of nitrogens with one attached hydrogen (secondary N) is 1. The van der Waals surface area contributed by atoms with E-state index in [1.54, 1.807) is 18.2 Å². The summed E-state index contributed by atoms with van der Waals surface area (Å²) in [5.41, 5.74) is 2.60. The highest BCUT2D eigenvalue weighted by Crippen LogP contribution is 2.27. The Morgan fingerprint density at radius 1 is 1.26 bits per heavy atom. The summed E-state index contributed by atoms with van der Waals surface area (Å²) in [6, 6.07) is 10.9. The average molecular weight is 393 g/mol. The number of para-hydroxylation sites is 2. The second-order valence-electron chi connectivity index (χ2n) is 5.17. The van der Waals surface area contributed by atoms with Gasteiger partial charge in [-0.25, -0.2) is 14.0 Å². The van der Waals surface area contributed by atoms with Gasteiger partial charge >= 0.3 is 0 Å². The van der Waals surface area contributed by atoms with E-state index in [0.29, 0.717) is 11.5 Å². The summed E-state index contributed by atoms with van der Waals surface area (Å²) in [7, 11) is 1.53. The molecule has 0 aliphatic rings. The van der Waals surface area contributed by atoms with Crippen molar-refractivity contribution in [2.75, 3.05) is 7.11 Å². The van der Waals surface area contributed by atoms with E-state index in [-0.39, 0.29) is 34.5 Å². The van der Waals surface area contributed by atoms with Crippen molar-refractivity contribution in [2.24, 2.45) is 4.99 Å². The highest BCUT2D eigenvalue weighted by atomic mass is 35.5. The molecule has 2 aromatic carbocycles. The van der Waals surface area contributed by atoms with E-state index in [2.05, 4.69) is 15.3 Å². The van der Waals surface area contributed by atoms with Crippen LogP contribution in [0.2, 0.25) is 5.02 Å². The Hall–Kier alpha value is -3.17. The third kappa shape index (κ3) is 4.33. The van der Waals surface area contributed by atoms with Gasteiger partial charge in [0.05, 0.1) is 17.8 Å². The molecule has 0 fully saturated rings. The van der Waals surface area contributed by atoms with E-state index in [1.807, 2.05) is 11.5 Å². The molecule has 3 rings (SSSR count). The van der Waals surface area contributed by atoms with E-state index in [1.165, 1.54) is 19.2 Å². The molecule has 140 valence electrons. The molecule has 0 amide bonds. The maximum Gasteiger partial charge on any atom is 0.182 e. The smallest absolute Gasteiger partial charge is 0.182 e. The lowest BCUT2D eigenvalue weighted by molar-refractivity contribution is 0.233. The van der Waals surface area contributed by atoms with Gasteiger partial charge in [0, 0.05) is 0 Å². The predicted octanol–water partition coefficient (Wildman–Crippen LogP) is 3.51. The molecule has 1 heterocycles. The molecular formula is C17H14ClFN4O4. The predicted molar refractivity (Wildman–Crippen MR) is 94.2 cm³/mol. The normalized spacial score (nSPS) is 11.3. The zero-order chi connectivity index (χ0) is 19.2. The van der Waals surface area contributed by atoms with Crippen LogP contribution in [0, 0.1) is 5.82 Å². The Bertz CT molecular complexity index is 964. The van der Waals surface area contributed by atoms with Gasteiger partial charge in [-0.1, -0.05) is 28.9 Å². The summed E-state index contributed by atoms with van der Waals surface area (Å²) < 4.78 is 28.9. The van der Waals surface area contributed by atoms with Crippen LogP contribution in [-0.4, -0.2) is 28.5 Å². The van der Waals surface area contributed by atoms with Crippen molar-refractivity contribution in [3.8, 4) is 11.5 Å². The van der Waals surface area contributed by atoms with E-state index >= 15 is 0 Å². The Morgan fingerprint density at radius 3 is 2.74 bits per heavy atom. The number of amidine groups is 1. The van der Waals surface area contributed by atoms with Gasteiger partial charge in [-0.2, -0.15) is 0 Å². The van der Waals surface area contributed by atoms with E-state index < -0.39 is 5.82 Å². The fraction of sp³-hybridized carbons (Fsp3) is 0.118. The van der Waals surface area contributed by atoms with Gasteiger partial charge < -0.3 is 9.47 Å². The molecule has 3 aromatic rings. The molecule has 0 aliphatic heterocycles. The fourth-order valence-corrected chi connectivity index (χ4v) is 2.35. The van der Waals surface area contributed by atoms with E-state index in [9.17, 15) is 9.60 Å². The van der Waals surface area contributed by atoms with E-state index in [4.69, 9.17) is 25.7 Å². The summed E-state index contributed by atoms with van der Waals surface area (Å²) >= 11 is 5.74. The zero-order valence-corrected chi connectivity index (χ0v) is 14.8. The first-order valence-electron chi connectivity index (χ1n) is 7.64. The number of hydrogen-bond acceptors (Lipinski definition) is 7. The molecule has 0 radical (unpaired) electrons. The maximum absolute atomic E-state index is 13.3. The van der Waals surface area contributed by atoms with Crippen molar-refractivity contribution in [3.05, 3.63) is 64.7 Å². The van der Waals surface area contributed by atoms with Crippen molar-refractivity contribution in [2.45, 2.75) is 6.61 Å². The first-order chi connectivity index (χ1) is 13.1. The molecule has 0 bridgehead atoms. The second kappa shape index (κ2) is 8.47. The number of hydroxylamine groups is 1. The monoisotopic (exact) mass is 392 g/mol. The minimum absolute atomic E-state index is 0.0237. The summed E-state index contributed by atoms with van der Waals surface area (Å²) in [4.78, 5) is 4.13. The third-order valence-corrected chi connectivity index (χ3v) is 3.75. The molecule has 0 aliphatic carbocycles. The molecule has 27 heavy (non-hydrogen) atoms. The van der Waals surface area contributed by atoms with Gasteiger partial charge in [0.15, 0.2) is 28.7 Å². The first kappa shape index (κ1) is 18.6. The Labute approximate surface area is 158 Å². The zero-order valence-electron chi connectivity index (χ0n) is 14.0. The van der Waals surface area contributed by atoms with Crippen LogP contribution in [0.25, 0.3) is 0 Å². The fourth-order valence-electron chi connectivity index (χ4n) is 2.18. The molecule has 2 N–H and O–H groups in total. The lowest BCUT2D eigenvalue weighted by Crippen LogP contribution is -2.22. The minimum Gasteiger partial charge on any atom is -0.493 e. The molecule has 1 aromatic heterocycles. The SMILES string of the molecule is COc1ccccc1OCc1nonc1C(=Nc1ccc(F)c(Cl)c1)NO. The number of hydrogen-bond donors (Lipinski definition) is 2. The van der Waals surface area contributed by atoms with Crippen LogP contribution in [0.3, 0.4) is 0 Å². The van der Waals surface area contributed by atoms with Crippen molar-refractivity contribution in [1.82, 2.24) is 15.8 Å². The van der Waals surface area contributed by atoms with Crippen LogP contribution in [0.4, 0.5) is 10.1 Å². The van der Waals surface area contributed by atoms with Gasteiger partial charge in [0.1, 0.15) is 12.4 Å². The topological polar surface area (TPSA) is 102 Å². The number of methoxy groups -OCH3 is 1. The standard InChI is InChI=1S/C17H14ClFN4O4/c1-25-14-4-2-3-5-15(14)26-9-13-16(23-27-22-13)17(21-24)20-10-6-7-12(19)11(18)8-10/h2-8,24H,9H2,1H3,(H,20,21). The number of ether oxygens (including phenoxy) is 2. The van der Waals surface area contributed by atoms with Crippen LogP contribution in [0.15, 0.2) is 52.1 Å². The Kier molecular flexibility index (Phi) is 5.84. The van der Waals surface area contributed by atoms with E-state index in [0.717, 1.165) is 6.07 Å². The minimum atomic E-state index is -0.580. The molecule has 0 spiro atoms. The van der Waals surface area contributed by atoms with Crippen LogP contribution >= 0.6 is 11.6 Å². The van der Waals surface area contributed by atoms with Gasteiger partial charge in [-0.05, 0) is 35.5 Å². The van der Waals surface area contributed by atoms with Gasteiger partial charge in [-0.15, -0.1) is 0 Å². The number of nitrogens with zero attached hydrogens (tertiary/aromatic N) is 3. The van der Waals surface area contributed by atoms with Crippen LogP contribution in [0.5, 0.6) is 11.5 Å². The quantitative estimate of drug-likeness (QED) is 0.376. The highest BCUT2D eigenvalue weighted by Gasteiger charge is 2.18. The van der Waals surface area contributed by atoms with Gasteiger partial charge in [0.25, 0.3) is 0 Å². The number of benzene rings is 2. The molecule has 8 nitrogen and oxygen atoms in total. The van der Waals surface area contributed by atoms with Crippen LogP contribution in [-0.2, 0) is 6.61 Å². The largest absolute Gasteiger partial charge is 0.493 e. The maximum atomic E-state index is 13.3. The van der Waals surface area contributed by atoms with Crippen molar-refractivity contribution < 1.29 is 23.7 Å².